The SMILES string of the molecule is CC(C)[C@@H]1CC[C@@H](C)C[C@H]1OC(=O)C12C(=O)CCN1c1ccccc1C(=O)N(Cc1ccccc1)C2c1ccccc1. The Balaban J connectivity index is 1.56. The highest BCUT2D eigenvalue weighted by Crippen LogP contribution is 2.50. The third-order valence-corrected chi connectivity index (χ3v) is 9.65. The van der Waals surface area contributed by atoms with Gasteiger partial charge >= 0.3 is 5.97 Å². The number of benzene rings is 3. The lowest BCUT2D eigenvalue weighted by molar-refractivity contribution is -0.166. The first-order valence-electron chi connectivity index (χ1n) is 15.3. The van der Waals surface area contributed by atoms with Crippen molar-refractivity contribution < 1.29 is 19.1 Å². The van der Waals surface area contributed by atoms with Gasteiger partial charge in [0.15, 0.2) is 5.78 Å². The molecule has 3 aliphatic rings. The molecule has 0 bridgehead atoms. The molecule has 2 aliphatic heterocycles. The molecule has 1 amide bonds. The minimum absolute atomic E-state index is 0.200. The molecule has 1 saturated heterocycles. The molecular weight excluding hydrogens is 524 g/mol. The predicted molar refractivity (Wildman–Crippen MR) is 163 cm³/mol. The van der Waals surface area contributed by atoms with Gasteiger partial charge in [0.2, 0.25) is 5.54 Å². The van der Waals surface area contributed by atoms with Gasteiger partial charge in [-0.05, 0) is 53.9 Å². The Bertz CT molecular complexity index is 1460. The summed E-state index contributed by atoms with van der Waals surface area (Å²) in [5, 5.41) is 0. The number of Topliss-reactive ketones (excluding diaryl/α,β-unsaturated/α-hetero) is 1. The van der Waals surface area contributed by atoms with E-state index in [0.29, 0.717) is 29.6 Å². The maximum Gasteiger partial charge on any atom is 0.342 e. The predicted octanol–water partition coefficient (Wildman–Crippen LogP) is 6.61. The van der Waals surface area contributed by atoms with E-state index in [0.717, 1.165) is 30.4 Å². The number of fused-ring (bicyclic) bond motifs is 3. The summed E-state index contributed by atoms with van der Waals surface area (Å²) in [5.41, 5.74) is 1.06. The molecule has 1 saturated carbocycles. The van der Waals surface area contributed by atoms with Crippen molar-refractivity contribution in [2.45, 2.75) is 70.7 Å². The van der Waals surface area contributed by atoms with E-state index in [1.54, 1.807) is 11.0 Å². The molecule has 0 N–H and O–H groups in total. The van der Waals surface area contributed by atoms with Gasteiger partial charge in [-0.25, -0.2) is 4.79 Å². The number of hydrogen-bond acceptors (Lipinski definition) is 5. The van der Waals surface area contributed by atoms with Gasteiger partial charge in [-0.1, -0.05) is 100.0 Å². The summed E-state index contributed by atoms with van der Waals surface area (Å²) < 4.78 is 6.57. The monoisotopic (exact) mass is 564 g/mol. The summed E-state index contributed by atoms with van der Waals surface area (Å²) in [5.74, 6) is 0.0617. The van der Waals surface area contributed by atoms with Crippen LogP contribution in [0.25, 0.3) is 0 Å². The number of ether oxygens (including phenoxy) is 1. The van der Waals surface area contributed by atoms with Crippen molar-refractivity contribution in [2.75, 3.05) is 11.4 Å². The molecule has 2 heterocycles. The van der Waals surface area contributed by atoms with E-state index in [1.807, 2.05) is 83.8 Å². The second kappa shape index (κ2) is 11.4. The molecule has 6 rings (SSSR count). The average molecular weight is 565 g/mol. The Hall–Kier alpha value is -3.93. The van der Waals surface area contributed by atoms with Gasteiger partial charge < -0.3 is 14.5 Å². The molecule has 3 aromatic carbocycles. The normalized spacial score (nSPS) is 27.4. The first-order valence-corrected chi connectivity index (χ1v) is 15.3. The molecule has 5 atom stereocenters. The fourth-order valence-electron chi connectivity index (χ4n) is 7.54. The highest BCUT2D eigenvalue weighted by Gasteiger charge is 2.65. The van der Waals surface area contributed by atoms with Crippen LogP contribution in [0, 0.1) is 17.8 Å². The van der Waals surface area contributed by atoms with Crippen LogP contribution in [0.5, 0.6) is 0 Å². The summed E-state index contributed by atoms with van der Waals surface area (Å²) in [6, 6.07) is 25.8. The zero-order valence-electron chi connectivity index (χ0n) is 24.7. The Labute approximate surface area is 248 Å². The number of hydrogen-bond donors (Lipinski definition) is 0. The third kappa shape index (κ3) is 4.71. The number of anilines is 1. The van der Waals surface area contributed by atoms with Crippen LogP contribution in [0.15, 0.2) is 84.9 Å². The molecule has 1 aliphatic carbocycles. The maximum absolute atomic E-state index is 15.0. The fraction of sp³-hybridized carbons (Fsp3) is 0.417. The first kappa shape index (κ1) is 28.2. The summed E-state index contributed by atoms with van der Waals surface area (Å²) in [4.78, 5) is 47.6. The molecule has 0 aromatic heterocycles. The van der Waals surface area contributed by atoms with Gasteiger partial charge in [0.1, 0.15) is 6.10 Å². The largest absolute Gasteiger partial charge is 0.460 e. The van der Waals surface area contributed by atoms with Crippen molar-refractivity contribution in [3.05, 3.63) is 102 Å². The van der Waals surface area contributed by atoms with Crippen LogP contribution in [-0.2, 0) is 20.9 Å². The van der Waals surface area contributed by atoms with Gasteiger partial charge in [0.05, 0.1) is 17.3 Å². The second-order valence-electron chi connectivity index (χ2n) is 12.6. The van der Waals surface area contributed by atoms with Crippen molar-refractivity contribution >= 4 is 23.3 Å². The number of nitrogens with zero attached hydrogens (tertiary/aromatic N) is 2. The van der Waals surface area contributed by atoms with Gasteiger partial charge in [-0.15, -0.1) is 0 Å². The van der Waals surface area contributed by atoms with E-state index in [4.69, 9.17) is 4.74 Å². The number of carbonyl (C=O) groups is 3. The number of carbonyl (C=O) groups excluding carboxylic acids is 3. The molecule has 0 spiro atoms. The maximum atomic E-state index is 15.0. The number of ketones is 1. The zero-order chi connectivity index (χ0) is 29.4. The van der Waals surface area contributed by atoms with Crippen molar-refractivity contribution in [3.8, 4) is 0 Å². The lowest BCUT2D eigenvalue weighted by Crippen LogP contribution is -2.64. The molecular formula is C36H40N2O4. The molecule has 6 nitrogen and oxygen atoms in total. The summed E-state index contributed by atoms with van der Waals surface area (Å²) in [7, 11) is 0. The van der Waals surface area contributed by atoms with Crippen LogP contribution < -0.4 is 4.90 Å². The number of rotatable bonds is 6. The van der Waals surface area contributed by atoms with Gasteiger partial charge in [-0.2, -0.15) is 0 Å². The minimum Gasteiger partial charge on any atom is -0.460 e. The van der Waals surface area contributed by atoms with Gasteiger partial charge in [-0.3, -0.25) is 9.59 Å². The van der Waals surface area contributed by atoms with Crippen molar-refractivity contribution in [3.63, 3.8) is 0 Å². The number of amides is 1. The Morgan fingerprint density at radius 2 is 1.60 bits per heavy atom. The molecule has 3 aromatic rings. The van der Waals surface area contributed by atoms with Crippen molar-refractivity contribution in [1.82, 2.24) is 4.90 Å². The molecule has 6 heteroatoms. The summed E-state index contributed by atoms with van der Waals surface area (Å²) in [6.45, 7) is 7.16. The summed E-state index contributed by atoms with van der Waals surface area (Å²) >= 11 is 0. The Morgan fingerprint density at radius 1 is 0.929 bits per heavy atom. The minimum atomic E-state index is -1.71. The Kier molecular flexibility index (Phi) is 7.65. The van der Waals surface area contributed by atoms with Crippen LogP contribution in [-0.4, -0.2) is 40.7 Å². The van der Waals surface area contributed by atoms with Crippen LogP contribution in [0.1, 0.15) is 74.0 Å². The highest BCUT2D eigenvalue weighted by molar-refractivity contribution is 6.17. The van der Waals surface area contributed by atoms with E-state index < -0.39 is 17.6 Å². The van der Waals surface area contributed by atoms with E-state index >= 15 is 0 Å². The molecule has 0 radical (unpaired) electrons. The molecule has 218 valence electrons. The van der Waals surface area contributed by atoms with Crippen molar-refractivity contribution in [1.29, 1.82) is 0 Å². The van der Waals surface area contributed by atoms with E-state index in [-0.39, 0.29) is 36.7 Å². The fourth-order valence-corrected chi connectivity index (χ4v) is 7.54. The van der Waals surface area contributed by atoms with Crippen molar-refractivity contribution in [2.24, 2.45) is 17.8 Å². The summed E-state index contributed by atoms with van der Waals surface area (Å²) in [6.07, 6.45) is 2.80. The average Bonchev–Trinajstić information content (AvgIpc) is 3.30. The van der Waals surface area contributed by atoms with Gasteiger partial charge in [0.25, 0.3) is 5.91 Å². The molecule has 2 fully saturated rings. The molecule has 2 unspecified atom stereocenters. The van der Waals surface area contributed by atoms with E-state index in [2.05, 4.69) is 20.8 Å². The number of para-hydroxylation sites is 1. The lowest BCUT2D eigenvalue weighted by atomic mass is 9.75. The first-order chi connectivity index (χ1) is 20.3. The standard InChI is InChI=1S/C36H40N2O4/c1-24(2)28-19-18-25(3)22-31(28)42-35(41)36-32(39)20-21-38(36)30-17-11-10-16-29(30)34(40)37(23-26-12-6-4-7-13-26)33(36)27-14-8-5-9-15-27/h4-17,24-25,28,31,33H,18-23H2,1-3H3/t25-,28+,31-,33?,36?/m1/s1. The topological polar surface area (TPSA) is 66.9 Å². The Morgan fingerprint density at radius 3 is 2.31 bits per heavy atom. The van der Waals surface area contributed by atoms with E-state index in [1.165, 1.54) is 0 Å². The quantitative estimate of drug-likeness (QED) is 0.249. The smallest absolute Gasteiger partial charge is 0.342 e. The zero-order valence-corrected chi connectivity index (χ0v) is 24.7. The second-order valence-corrected chi connectivity index (χ2v) is 12.6. The lowest BCUT2D eigenvalue weighted by Gasteiger charge is -2.46. The van der Waals surface area contributed by atoms with Crippen LogP contribution in [0.3, 0.4) is 0 Å². The molecule has 42 heavy (non-hydrogen) atoms. The van der Waals surface area contributed by atoms with Crippen LogP contribution in [0.2, 0.25) is 0 Å². The third-order valence-electron chi connectivity index (χ3n) is 9.65. The van der Waals surface area contributed by atoms with E-state index in [9.17, 15) is 14.4 Å². The van der Waals surface area contributed by atoms with Gasteiger partial charge in [0, 0.05) is 19.5 Å². The van der Waals surface area contributed by atoms with Crippen LogP contribution in [0.4, 0.5) is 5.69 Å². The number of esters is 1. The van der Waals surface area contributed by atoms with Crippen LogP contribution >= 0.6 is 0 Å². The highest BCUT2D eigenvalue weighted by atomic mass is 16.5.